The first kappa shape index (κ1) is 14.0. The first-order valence-electron chi connectivity index (χ1n) is 6.31. The highest BCUT2D eigenvalue weighted by atomic mass is 15.1. The van der Waals surface area contributed by atoms with Gasteiger partial charge in [-0.05, 0) is 31.0 Å². The molecular weight excluding hydrogens is 210 g/mol. The zero-order valence-electron chi connectivity index (χ0n) is 11.4. The Labute approximate surface area is 105 Å². The summed E-state index contributed by atoms with van der Waals surface area (Å²) in [6, 6.07) is 9.33. The van der Waals surface area contributed by atoms with Crippen LogP contribution in [0.1, 0.15) is 31.9 Å². The van der Waals surface area contributed by atoms with Gasteiger partial charge in [-0.3, -0.25) is 0 Å². The third kappa shape index (κ3) is 4.02. The monoisotopic (exact) mass is 235 g/mol. The van der Waals surface area contributed by atoms with Crippen LogP contribution >= 0.6 is 0 Å². The maximum Gasteiger partial charge on any atom is 0.0446 e. The van der Waals surface area contributed by atoms with E-state index in [0.29, 0.717) is 12.6 Å². The Bertz CT molecular complexity index is 319. The van der Waals surface area contributed by atoms with Gasteiger partial charge in [0.15, 0.2) is 0 Å². The van der Waals surface area contributed by atoms with Crippen molar-refractivity contribution in [1.29, 1.82) is 0 Å². The molecule has 0 radical (unpaired) electrons. The van der Waals surface area contributed by atoms with Crippen molar-refractivity contribution in [3.8, 4) is 0 Å². The third-order valence-corrected chi connectivity index (χ3v) is 3.15. The number of nitrogens with one attached hydrogen (secondary N) is 1. The Balaban J connectivity index is 2.75. The minimum absolute atomic E-state index is 0.251. The van der Waals surface area contributed by atoms with Gasteiger partial charge in [-0.2, -0.15) is 0 Å². The van der Waals surface area contributed by atoms with Crippen LogP contribution in [0.5, 0.6) is 0 Å². The molecule has 3 heteroatoms. The van der Waals surface area contributed by atoms with E-state index >= 15 is 0 Å². The predicted molar refractivity (Wildman–Crippen MR) is 75.5 cm³/mol. The Hall–Kier alpha value is -1.06. The molecule has 2 unspecified atom stereocenters. The van der Waals surface area contributed by atoms with E-state index in [9.17, 15) is 0 Å². The molecule has 2 atom stereocenters. The summed E-state index contributed by atoms with van der Waals surface area (Å²) < 4.78 is 0. The average Bonchev–Trinajstić information content (AvgIpc) is 2.35. The number of anilines is 1. The number of nitrogens with two attached hydrogens (primary N) is 1. The van der Waals surface area contributed by atoms with Crippen molar-refractivity contribution >= 4 is 5.69 Å². The van der Waals surface area contributed by atoms with Crippen LogP contribution < -0.4 is 16.0 Å². The van der Waals surface area contributed by atoms with Crippen molar-refractivity contribution in [2.75, 3.05) is 25.5 Å². The van der Waals surface area contributed by atoms with Gasteiger partial charge in [0.05, 0.1) is 0 Å². The lowest BCUT2D eigenvalue weighted by atomic mass is 10.0. The number of hydrogen-bond donors (Lipinski definition) is 2. The van der Waals surface area contributed by atoms with Crippen LogP contribution in [0.4, 0.5) is 5.69 Å². The molecule has 0 amide bonds. The maximum atomic E-state index is 5.83. The van der Waals surface area contributed by atoms with Gasteiger partial charge in [-0.1, -0.05) is 19.1 Å². The lowest BCUT2D eigenvalue weighted by molar-refractivity contribution is 0.452. The van der Waals surface area contributed by atoms with E-state index < -0.39 is 0 Å². The molecule has 96 valence electrons. The van der Waals surface area contributed by atoms with Crippen LogP contribution in [0, 0.1) is 0 Å². The molecule has 0 aromatic heterocycles. The minimum atomic E-state index is 0.251. The summed E-state index contributed by atoms with van der Waals surface area (Å²) >= 11 is 0. The molecule has 0 fully saturated rings. The molecule has 0 spiro atoms. The number of benzene rings is 1. The highest BCUT2D eigenvalue weighted by molar-refractivity contribution is 5.46. The van der Waals surface area contributed by atoms with Gasteiger partial charge in [0.25, 0.3) is 0 Å². The van der Waals surface area contributed by atoms with Crippen LogP contribution in [0.3, 0.4) is 0 Å². The van der Waals surface area contributed by atoms with Gasteiger partial charge < -0.3 is 16.0 Å². The standard InChI is InChI=1S/C14H25N3/c1-5-11(2)16-14(10-15)12-6-8-13(9-7-12)17(3)4/h6-9,11,14,16H,5,10,15H2,1-4H3. The lowest BCUT2D eigenvalue weighted by Crippen LogP contribution is -2.34. The maximum absolute atomic E-state index is 5.83. The molecule has 0 saturated carbocycles. The fourth-order valence-electron chi connectivity index (χ4n) is 1.77. The van der Waals surface area contributed by atoms with Crippen molar-refractivity contribution in [3.05, 3.63) is 29.8 Å². The van der Waals surface area contributed by atoms with Gasteiger partial charge in [0.1, 0.15) is 0 Å². The van der Waals surface area contributed by atoms with Crippen molar-refractivity contribution < 1.29 is 0 Å². The molecule has 3 nitrogen and oxygen atoms in total. The fourth-order valence-corrected chi connectivity index (χ4v) is 1.77. The Morgan fingerprint density at radius 3 is 2.24 bits per heavy atom. The zero-order chi connectivity index (χ0) is 12.8. The fraction of sp³-hybridized carbons (Fsp3) is 0.571. The van der Waals surface area contributed by atoms with E-state index in [-0.39, 0.29) is 6.04 Å². The molecule has 0 aliphatic carbocycles. The third-order valence-electron chi connectivity index (χ3n) is 3.15. The van der Waals surface area contributed by atoms with Crippen LogP contribution in [0.25, 0.3) is 0 Å². The quantitative estimate of drug-likeness (QED) is 0.794. The van der Waals surface area contributed by atoms with Gasteiger partial charge >= 0.3 is 0 Å². The van der Waals surface area contributed by atoms with Gasteiger partial charge in [0.2, 0.25) is 0 Å². The van der Waals surface area contributed by atoms with Crippen molar-refractivity contribution in [2.24, 2.45) is 5.73 Å². The first-order valence-corrected chi connectivity index (χ1v) is 6.31. The molecular formula is C14H25N3. The zero-order valence-corrected chi connectivity index (χ0v) is 11.4. The number of rotatable bonds is 6. The van der Waals surface area contributed by atoms with Crippen molar-refractivity contribution in [3.63, 3.8) is 0 Å². The summed E-state index contributed by atoms with van der Waals surface area (Å²) in [5.74, 6) is 0. The summed E-state index contributed by atoms with van der Waals surface area (Å²) in [6.07, 6.45) is 1.12. The van der Waals surface area contributed by atoms with Crippen LogP contribution in [0.2, 0.25) is 0 Å². The molecule has 0 aliphatic rings. The molecule has 1 aromatic carbocycles. The minimum Gasteiger partial charge on any atom is -0.378 e. The molecule has 1 rings (SSSR count). The second-order valence-corrected chi connectivity index (χ2v) is 4.75. The second kappa shape index (κ2) is 6.62. The van der Waals surface area contributed by atoms with E-state index in [1.165, 1.54) is 11.3 Å². The average molecular weight is 235 g/mol. The Kier molecular flexibility index (Phi) is 5.45. The van der Waals surface area contributed by atoms with Crippen LogP contribution in [-0.2, 0) is 0 Å². The Morgan fingerprint density at radius 2 is 1.82 bits per heavy atom. The molecule has 0 aliphatic heterocycles. The molecule has 1 aromatic rings. The Morgan fingerprint density at radius 1 is 1.24 bits per heavy atom. The largest absolute Gasteiger partial charge is 0.378 e. The van der Waals surface area contributed by atoms with E-state index in [1.54, 1.807) is 0 Å². The molecule has 0 saturated heterocycles. The highest BCUT2D eigenvalue weighted by Crippen LogP contribution is 2.18. The predicted octanol–water partition coefficient (Wildman–Crippen LogP) is 2.14. The second-order valence-electron chi connectivity index (χ2n) is 4.75. The molecule has 0 bridgehead atoms. The smallest absolute Gasteiger partial charge is 0.0446 e. The van der Waals surface area contributed by atoms with Crippen molar-refractivity contribution in [1.82, 2.24) is 5.32 Å². The van der Waals surface area contributed by atoms with Crippen LogP contribution in [-0.4, -0.2) is 26.7 Å². The molecule has 17 heavy (non-hydrogen) atoms. The SMILES string of the molecule is CCC(C)NC(CN)c1ccc(N(C)C)cc1. The van der Waals surface area contributed by atoms with Crippen LogP contribution in [0.15, 0.2) is 24.3 Å². The normalized spacial score (nSPS) is 14.4. The van der Waals surface area contributed by atoms with E-state index in [1.807, 2.05) is 14.1 Å². The van der Waals surface area contributed by atoms with Gasteiger partial charge in [-0.15, -0.1) is 0 Å². The summed E-state index contributed by atoms with van der Waals surface area (Å²) in [7, 11) is 4.10. The van der Waals surface area contributed by atoms with E-state index in [2.05, 4.69) is 48.3 Å². The number of hydrogen-bond acceptors (Lipinski definition) is 3. The summed E-state index contributed by atoms with van der Waals surface area (Å²) in [6.45, 7) is 5.00. The van der Waals surface area contributed by atoms with Gasteiger partial charge in [0, 0.05) is 38.4 Å². The summed E-state index contributed by atoms with van der Waals surface area (Å²) in [5.41, 5.74) is 8.31. The van der Waals surface area contributed by atoms with Crippen molar-refractivity contribution in [2.45, 2.75) is 32.4 Å². The van der Waals surface area contributed by atoms with E-state index in [4.69, 9.17) is 5.73 Å². The lowest BCUT2D eigenvalue weighted by Gasteiger charge is -2.22. The molecule has 3 N–H and O–H groups in total. The first-order chi connectivity index (χ1) is 8.08. The topological polar surface area (TPSA) is 41.3 Å². The highest BCUT2D eigenvalue weighted by Gasteiger charge is 2.11. The van der Waals surface area contributed by atoms with Gasteiger partial charge in [-0.25, -0.2) is 0 Å². The number of nitrogens with zero attached hydrogens (tertiary/aromatic N) is 1. The summed E-state index contributed by atoms with van der Waals surface area (Å²) in [5, 5.41) is 3.54. The summed E-state index contributed by atoms with van der Waals surface area (Å²) in [4.78, 5) is 2.10. The van der Waals surface area contributed by atoms with E-state index in [0.717, 1.165) is 6.42 Å². The molecule has 0 heterocycles.